The van der Waals surface area contributed by atoms with Crippen molar-refractivity contribution >= 4 is 44.1 Å². The van der Waals surface area contributed by atoms with Crippen molar-refractivity contribution in [2.75, 3.05) is 0 Å². The van der Waals surface area contributed by atoms with Gasteiger partial charge in [-0.15, -0.1) is 21.6 Å². The quantitative estimate of drug-likeness (QED) is 0.230. The molecule has 1 amide bonds. The minimum absolute atomic E-state index is 0.00336. The first-order valence-corrected chi connectivity index (χ1v) is 13.5. The van der Waals surface area contributed by atoms with E-state index in [4.69, 9.17) is 0 Å². The number of thiophene rings is 1. The van der Waals surface area contributed by atoms with Crippen LogP contribution in [0.5, 0.6) is 5.88 Å². The number of unbranched alkanes of at least 4 members (excludes halogenated alkanes) is 3. The van der Waals surface area contributed by atoms with Crippen molar-refractivity contribution in [1.29, 1.82) is 0 Å². The fourth-order valence-electron chi connectivity index (χ4n) is 5.06. The Morgan fingerprint density at radius 1 is 1.25 bits per heavy atom. The molecule has 1 N–H and O–H groups in total. The summed E-state index contributed by atoms with van der Waals surface area (Å²) in [4.78, 5) is 32.3. The molecule has 0 aliphatic heterocycles. The minimum Gasteiger partial charge on any atom is -0.493 e. The summed E-state index contributed by atoms with van der Waals surface area (Å²) in [6.07, 6.45) is 8.62. The second-order valence-electron chi connectivity index (χ2n) is 9.70. The number of carbonyl (C=O) groups excluding carboxylic acids is 1. The number of benzene rings is 1. The van der Waals surface area contributed by atoms with Crippen LogP contribution in [-0.2, 0) is 30.7 Å². The zero-order chi connectivity index (χ0) is 25.2. The summed E-state index contributed by atoms with van der Waals surface area (Å²) in [7, 11) is 0. The van der Waals surface area contributed by atoms with Gasteiger partial charge in [-0.3, -0.25) is 14.2 Å². The maximum absolute atomic E-state index is 13.2. The Balaban J connectivity index is 1.38. The van der Waals surface area contributed by atoms with Crippen molar-refractivity contribution in [2.24, 2.45) is 16.1 Å². The van der Waals surface area contributed by atoms with Crippen LogP contribution >= 0.6 is 11.3 Å². The van der Waals surface area contributed by atoms with Crippen LogP contribution in [0.25, 0.3) is 21.1 Å². The van der Waals surface area contributed by atoms with Gasteiger partial charge < -0.3 is 9.67 Å². The molecule has 3 heterocycles. The summed E-state index contributed by atoms with van der Waals surface area (Å²) >= 11 is 1.58. The third-order valence-electron chi connectivity index (χ3n) is 7.00. The van der Waals surface area contributed by atoms with Gasteiger partial charge >= 0.3 is 0 Å². The summed E-state index contributed by atoms with van der Waals surface area (Å²) < 4.78 is 3.14. The molecule has 1 aromatic carbocycles. The largest absolute Gasteiger partial charge is 0.493 e. The van der Waals surface area contributed by atoms with Crippen LogP contribution < -0.4 is 5.56 Å². The molecule has 0 bridgehead atoms. The number of para-hydroxylation sites is 1. The Morgan fingerprint density at radius 2 is 2.08 bits per heavy atom. The molecule has 5 rings (SSSR count). The van der Waals surface area contributed by atoms with E-state index in [2.05, 4.69) is 29.1 Å². The average Bonchev–Trinajstić information content (AvgIpc) is 3.37. The van der Waals surface area contributed by atoms with Gasteiger partial charge in [0, 0.05) is 16.8 Å². The number of hydrogen-bond acceptors (Lipinski definition) is 6. The minimum atomic E-state index is -0.574. The zero-order valence-electron chi connectivity index (χ0n) is 20.7. The Bertz CT molecular complexity index is 1510. The molecule has 0 saturated heterocycles. The summed E-state index contributed by atoms with van der Waals surface area (Å²) in [5, 5.41) is 20.2. The second-order valence-corrected chi connectivity index (χ2v) is 10.8. The van der Waals surface area contributed by atoms with Crippen LogP contribution in [-0.4, -0.2) is 25.1 Å². The topological polar surface area (TPSA) is 102 Å². The number of carbonyl (C=O) groups is 1. The smallest absolute Gasteiger partial charge is 0.284 e. The highest BCUT2D eigenvalue weighted by Gasteiger charge is 2.23. The zero-order valence-corrected chi connectivity index (χ0v) is 21.6. The predicted octanol–water partition coefficient (Wildman–Crippen LogP) is 6.13. The number of aromatic hydroxyl groups is 1. The normalized spacial score (nSPS) is 15.8. The van der Waals surface area contributed by atoms with Gasteiger partial charge in [-0.25, -0.2) is 4.98 Å². The monoisotopic (exact) mass is 505 g/mol. The fourth-order valence-corrected chi connectivity index (χ4v) is 6.40. The molecule has 1 unspecified atom stereocenters. The molecule has 0 fully saturated rings. The lowest BCUT2D eigenvalue weighted by Crippen LogP contribution is -2.24. The van der Waals surface area contributed by atoms with Gasteiger partial charge in [0.25, 0.3) is 11.5 Å². The number of hydrogen-bond donors (Lipinski definition) is 1. The standard InChI is InChI=1S/C27H31N5O3S/c1-3-4-5-8-13-32-20-10-7-6-9-18(20)24(27(32)35)30-29-22(33)15-31-16-28-25-23(26(31)34)19-12-11-17(2)14-21(19)36-25/h6-7,9-10,16-17,35H,3-5,8,11-15H2,1-2H3. The Labute approximate surface area is 213 Å². The van der Waals surface area contributed by atoms with E-state index in [1.165, 1.54) is 15.8 Å². The molecule has 0 spiro atoms. The van der Waals surface area contributed by atoms with Crippen LogP contribution in [0.2, 0.25) is 0 Å². The molecule has 0 radical (unpaired) electrons. The molecule has 8 nitrogen and oxygen atoms in total. The first kappa shape index (κ1) is 24.4. The highest BCUT2D eigenvalue weighted by molar-refractivity contribution is 7.18. The molecule has 3 aromatic heterocycles. The van der Waals surface area contributed by atoms with E-state index in [9.17, 15) is 14.7 Å². The van der Waals surface area contributed by atoms with Gasteiger partial charge in [-0.1, -0.05) is 51.3 Å². The number of aromatic nitrogens is 3. The average molecular weight is 506 g/mol. The summed E-state index contributed by atoms with van der Waals surface area (Å²) in [5.74, 6) is 0.0345. The van der Waals surface area contributed by atoms with Gasteiger partial charge in [0.05, 0.1) is 17.2 Å². The van der Waals surface area contributed by atoms with Crippen LogP contribution in [0.3, 0.4) is 0 Å². The van der Waals surface area contributed by atoms with Crippen molar-refractivity contribution in [3.05, 3.63) is 51.4 Å². The first-order chi connectivity index (χ1) is 17.5. The van der Waals surface area contributed by atoms with Gasteiger partial charge in [0.15, 0.2) is 5.69 Å². The highest BCUT2D eigenvalue weighted by Crippen LogP contribution is 2.39. The third kappa shape index (κ3) is 4.59. The van der Waals surface area contributed by atoms with Crippen molar-refractivity contribution < 1.29 is 9.90 Å². The first-order valence-electron chi connectivity index (χ1n) is 12.7. The Kier molecular flexibility index (Phi) is 7.00. The summed E-state index contributed by atoms with van der Waals surface area (Å²) in [6, 6.07) is 7.57. The van der Waals surface area contributed by atoms with Gasteiger partial charge in [0.2, 0.25) is 5.88 Å². The number of amides is 1. The van der Waals surface area contributed by atoms with Crippen molar-refractivity contribution in [2.45, 2.75) is 71.9 Å². The molecular weight excluding hydrogens is 474 g/mol. The molecule has 1 aliphatic carbocycles. The van der Waals surface area contributed by atoms with E-state index in [1.54, 1.807) is 11.3 Å². The summed E-state index contributed by atoms with van der Waals surface area (Å²) in [6.45, 7) is 4.81. The lowest BCUT2D eigenvalue weighted by Gasteiger charge is -2.17. The number of fused-ring (bicyclic) bond motifs is 4. The SMILES string of the molecule is CCCCCCn1c(O)c(N=NC(=O)Cn2cnc3sc4c(c3c2=O)CCC(C)C4)c2ccccc21. The fraction of sp³-hybridized carbons (Fsp3) is 0.444. The molecule has 188 valence electrons. The second kappa shape index (κ2) is 10.3. The van der Waals surface area contributed by atoms with E-state index < -0.39 is 5.91 Å². The molecular formula is C27H31N5O3S. The highest BCUT2D eigenvalue weighted by atomic mass is 32.1. The van der Waals surface area contributed by atoms with Gasteiger partial charge in [0.1, 0.15) is 11.4 Å². The predicted molar refractivity (Wildman–Crippen MR) is 142 cm³/mol. The van der Waals surface area contributed by atoms with Crippen LogP contribution in [0.4, 0.5) is 5.69 Å². The van der Waals surface area contributed by atoms with Crippen molar-refractivity contribution in [3.63, 3.8) is 0 Å². The number of rotatable bonds is 8. The molecule has 1 atom stereocenters. The summed E-state index contributed by atoms with van der Waals surface area (Å²) in [5.41, 5.74) is 2.01. The third-order valence-corrected chi connectivity index (χ3v) is 8.16. The van der Waals surface area contributed by atoms with E-state index in [-0.39, 0.29) is 23.7 Å². The van der Waals surface area contributed by atoms with E-state index >= 15 is 0 Å². The Hall–Kier alpha value is -3.33. The molecule has 36 heavy (non-hydrogen) atoms. The van der Waals surface area contributed by atoms with Crippen molar-refractivity contribution in [1.82, 2.24) is 14.1 Å². The van der Waals surface area contributed by atoms with Gasteiger partial charge in [-0.05, 0) is 43.2 Å². The van der Waals surface area contributed by atoms with E-state index in [1.807, 2.05) is 28.8 Å². The molecule has 4 aromatic rings. The molecule has 0 saturated carbocycles. The number of nitrogens with zero attached hydrogens (tertiary/aromatic N) is 5. The maximum Gasteiger partial charge on any atom is 0.284 e. The molecule has 1 aliphatic rings. The Morgan fingerprint density at radius 3 is 2.92 bits per heavy atom. The number of aryl methyl sites for hydroxylation is 2. The van der Waals surface area contributed by atoms with Gasteiger partial charge in [-0.2, -0.15) is 0 Å². The van der Waals surface area contributed by atoms with Crippen molar-refractivity contribution in [3.8, 4) is 5.88 Å². The van der Waals surface area contributed by atoms with Crippen LogP contribution in [0.15, 0.2) is 45.6 Å². The maximum atomic E-state index is 13.2. The lowest BCUT2D eigenvalue weighted by atomic mass is 9.89. The van der Waals surface area contributed by atoms with Crippen LogP contribution in [0.1, 0.15) is 56.4 Å². The molecule has 9 heteroatoms. The lowest BCUT2D eigenvalue weighted by molar-refractivity contribution is -0.118. The van der Waals surface area contributed by atoms with Crippen LogP contribution in [0, 0.1) is 5.92 Å². The van der Waals surface area contributed by atoms with E-state index in [0.717, 1.165) is 66.2 Å². The number of azo groups is 1. The van der Waals surface area contributed by atoms with E-state index in [0.29, 0.717) is 17.8 Å².